The van der Waals surface area contributed by atoms with E-state index < -0.39 is 0 Å². The molecule has 2 atom stereocenters. The summed E-state index contributed by atoms with van der Waals surface area (Å²) in [5, 5.41) is 5.38. The van der Waals surface area contributed by atoms with Crippen molar-refractivity contribution in [1.82, 2.24) is 5.32 Å². The van der Waals surface area contributed by atoms with Gasteiger partial charge in [-0.25, -0.2) is 0 Å². The molecule has 0 aliphatic heterocycles. The first-order valence-electron chi connectivity index (χ1n) is 9.57. The van der Waals surface area contributed by atoms with Crippen molar-refractivity contribution in [2.45, 2.75) is 32.2 Å². The van der Waals surface area contributed by atoms with Crippen molar-refractivity contribution in [2.24, 2.45) is 0 Å². The maximum Gasteiger partial charge on any atom is 0.227 e. The molecular weight excluding hydrogens is 350 g/mol. The maximum absolute atomic E-state index is 12.9. The van der Waals surface area contributed by atoms with Crippen LogP contribution in [0.2, 0.25) is 0 Å². The first-order chi connectivity index (χ1) is 13.5. The molecule has 4 heteroatoms. The molecule has 0 fully saturated rings. The molecule has 0 radical (unpaired) electrons. The molecule has 146 valence electrons. The van der Waals surface area contributed by atoms with E-state index in [9.17, 15) is 4.79 Å². The molecule has 0 aliphatic carbocycles. The van der Waals surface area contributed by atoms with Gasteiger partial charge in [0, 0.05) is 0 Å². The molecule has 0 saturated heterocycles. The van der Waals surface area contributed by atoms with E-state index in [1.807, 2.05) is 61.5 Å². The molecule has 0 aromatic heterocycles. The van der Waals surface area contributed by atoms with Gasteiger partial charge in [0.2, 0.25) is 5.91 Å². The Morgan fingerprint density at radius 2 is 1.43 bits per heavy atom. The fourth-order valence-corrected chi connectivity index (χ4v) is 3.34. The highest BCUT2D eigenvalue weighted by molar-refractivity contribution is 5.88. The van der Waals surface area contributed by atoms with Gasteiger partial charge in [0.05, 0.1) is 26.2 Å². The number of nitrogens with one attached hydrogen (secondary N) is 1. The minimum Gasteiger partial charge on any atom is -0.497 e. The number of carbonyl (C=O) groups is 1. The van der Waals surface area contributed by atoms with E-state index in [0.717, 1.165) is 39.8 Å². The van der Waals surface area contributed by atoms with Gasteiger partial charge in [0.15, 0.2) is 0 Å². The van der Waals surface area contributed by atoms with Crippen LogP contribution in [0.25, 0.3) is 10.8 Å². The Kier molecular flexibility index (Phi) is 6.19. The van der Waals surface area contributed by atoms with Crippen molar-refractivity contribution in [3.05, 3.63) is 71.8 Å². The highest BCUT2D eigenvalue weighted by Gasteiger charge is 2.20. The minimum atomic E-state index is -0.237. The highest BCUT2D eigenvalue weighted by Crippen LogP contribution is 2.26. The average Bonchev–Trinajstić information content (AvgIpc) is 2.76. The van der Waals surface area contributed by atoms with Gasteiger partial charge >= 0.3 is 0 Å². The van der Waals surface area contributed by atoms with Gasteiger partial charge < -0.3 is 14.8 Å². The van der Waals surface area contributed by atoms with Gasteiger partial charge in [-0.15, -0.1) is 0 Å². The number of fused-ring (bicyclic) bond motifs is 1. The second-order valence-electron chi connectivity index (χ2n) is 6.94. The standard InChI is InChI=1S/C24H27NO3/c1-5-23(17-8-11-21(27-3)12-9-17)25-24(26)16(2)18-6-7-20-15-22(28-4)13-10-19(20)14-18/h6-16,23H,5H2,1-4H3,(H,25,26). The third kappa shape index (κ3) is 4.28. The van der Waals surface area contributed by atoms with E-state index in [1.165, 1.54) is 0 Å². The summed E-state index contributed by atoms with van der Waals surface area (Å²) in [5.74, 6) is 1.43. The van der Waals surface area contributed by atoms with Crippen LogP contribution in [0.4, 0.5) is 0 Å². The van der Waals surface area contributed by atoms with E-state index in [1.54, 1.807) is 14.2 Å². The van der Waals surface area contributed by atoms with Crippen molar-refractivity contribution < 1.29 is 14.3 Å². The number of benzene rings is 3. The van der Waals surface area contributed by atoms with Gasteiger partial charge in [-0.05, 0) is 59.5 Å². The van der Waals surface area contributed by atoms with Crippen molar-refractivity contribution in [1.29, 1.82) is 0 Å². The number of ether oxygens (including phenoxy) is 2. The fraction of sp³-hybridized carbons (Fsp3) is 0.292. The number of carbonyl (C=O) groups excluding carboxylic acids is 1. The van der Waals surface area contributed by atoms with Crippen molar-refractivity contribution in [2.75, 3.05) is 14.2 Å². The van der Waals surface area contributed by atoms with Crippen LogP contribution in [0, 0.1) is 0 Å². The monoisotopic (exact) mass is 377 g/mol. The SMILES string of the molecule is CCC(NC(=O)C(C)c1ccc2cc(OC)ccc2c1)c1ccc(OC)cc1. The molecule has 0 spiro atoms. The van der Waals surface area contributed by atoms with Crippen LogP contribution in [0.5, 0.6) is 11.5 Å². The third-order valence-electron chi connectivity index (χ3n) is 5.21. The molecule has 0 bridgehead atoms. The summed E-state index contributed by atoms with van der Waals surface area (Å²) < 4.78 is 10.5. The molecule has 3 rings (SSSR count). The number of methoxy groups -OCH3 is 2. The molecule has 4 nitrogen and oxygen atoms in total. The molecule has 0 heterocycles. The highest BCUT2D eigenvalue weighted by atomic mass is 16.5. The molecule has 3 aromatic carbocycles. The van der Waals surface area contributed by atoms with E-state index >= 15 is 0 Å². The lowest BCUT2D eigenvalue weighted by atomic mass is 9.96. The maximum atomic E-state index is 12.9. The van der Waals surface area contributed by atoms with E-state index in [4.69, 9.17) is 9.47 Å². The zero-order chi connectivity index (χ0) is 20.1. The normalized spacial score (nSPS) is 13.0. The van der Waals surface area contributed by atoms with Crippen LogP contribution in [0.15, 0.2) is 60.7 Å². The topological polar surface area (TPSA) is 47.6 Å². The van der Waals surface area contributed by atoms with Gasteiger partial charge in [-0.3, -0.25) is 4.79 Å². The Bertz CT molecular complexity index is 950. The lowest BCUT2D eigenvalue weighted by Gasteiger charge is -2.21. The first-order valence-corrected chi connectivity index (χ1v) is 9.57. The van der Waals surface area contributed by atoms with Crippen LogP contribution >= 0.6 is 0 Å². The number of hydrogen-bond donors (Lipinski definition) is 1. The molecule has 1 amide bonds. The predicted molar refractivity (Wildman–Crippen MR) is 113 cm³/mol. The molecule has 0 saturated carbocycles. The van der Waals surface area contributed by atoms with Crippen LogP contribution in [0.1, 0.15) is 43.4 Å². The smallest absolute Gasteiger partial charge is 0.227 e. The van der Waals surface area contributed by atoms with Gasteiger partial charge in [0.25, 0.3) is 0 Å². The number of rotatable bonds is 7. The van der Waals surface area contributed by atoms with Crippen molar-refractivity contribution in [3.8, 4) is 11.5 Å². The van der Waals surface area contributed by atoms with Gasteiger partial charge in [-0.2, -0.15) is 0 Å². The summed E-state index contributed by atoms with van der Waals surface area (Å²) in [6, 6.07) is 19.9. The Morgan fingerprint density at radius 1 is 0.857 bits per heavy atom. The first kappa shape index (κ1) is 19.7. The van der Waals surface area contributed by atoms with Crippen LogP contribution in [0.3, 0.4) is 0 Å². The van der Waals surface area contributed by atoms with E-state index in [0.29, 0.717) is 0 Å². The summed E-state index contributed by atoms with van der Waals surface area (Å²) in [6.07, 6.45) is 0.822. The Hall–Kier alpha value is -3.01. The average molecular weight is 377 g/mol. The lowest BCUT2D eigenvalue weighted by Crippen LogP contribution is -2.31. The second-order valence-corrected chi connectivity index (χ2v) is 6.94. The fourth-order valence-electron chi connectivity index (χ4n) is 3.34. The summed E-state index contributed by atoms with van der Waals surface area (Å²) in [7, 11) is 3.31. The van der Waals surface area contributed by atoms with E-state index in [-0.39, 0.29) is 17.9 Å². The molecule has 2 unspecified atom stereocenters. The van der Waals surface area contributed by atoms with Crippen molar-refractivity contribution >= 4 is 16.7 Å². The zero-order valence-electron chi connectivity index (χ0n) is 16.9. The summed E-state index contributed by atoms with van der Waals surface area (Å²) >= 11 is 0. The van der Waals surface area contributed by atoms with Crippen LogP contribution in [-0.4, -0.2) is 20.1 Å². The molecule has 28 heavy (non-hydrogen) atoms. The molecular formula is C24H27NO3. The van der Waals surface area contributed by atoms with Gasteiger partial charge in [-0.1, -0.05) is 43.3 Å². The van der Waals surface area contributed by atoms with E-state index in [2.05, 4.69) is 18.3 Å². The Labute approximate surface area is 166 Å². The lowest BCUT2D eigenvalue weighted by molar-refractivity contribution is -0.123. The van der Waals surface area contributed by atoms with Gasteiger partial charge in [0.1, 0.15) is 11.5 Å². The molecule has 3 aromatic rings. The third-order valence-corrected chi connectivity index (χ3v) is 5.21. The molecule has 1 N–H and O–H groups in total. The number of hydrogen-bond acceptors (Lipinski definition) is 3. The van der Waals surface area contributed by atoms with Crippen LogP contribution < -0.4 is 14.8 Å². The quantitative estimate of drug-likeness (QED) is 0.613. The Balaban J connectivity index is 1.76. The van der Waals surface area contributed by atoms with Crippen molar-refractivity contribution in [3.63, 3.8) is 0 Å². The second kappa shape index (κ2) is 8.79. The summed E-state index contributed by atoms with van der Waals surface area (Å²) in [5.41, 5.74) is 2.08. The Morgan fingerprint density at radius 3 is 2.07 bits per heavy atom. The van der Waals surface area contributed by atoms with Crippen LogP contribution in [-0.2, 0) is 4.79 Å². The largest absolute Gasteiger partial charge is 0.497 e. The zero-order valence-corrected chi connectivity index (χ0v) is 16.9. The predicted octanol–water partition coefficient (Wildman–Crippen LogP) is 5.23. The summed E-state index contributed by atoms with van der Waals surface area (Å²) in [4.78, 5) is 12.9. The minimum absolute atomic E-state index is 0.0226. The summed E-state index contributed by atoms with van der Waals surface area (Å²) in [6.45, 7) is 4.02. The molecule has 0 aliphatic rings. The number of amides is 1.